The van der Waals surface area contributed by atoms with Gasteiger partial charge in [0.15, 0.2) is 5.43 Å². The first-order valence-corrected chi connectivity index (χ1v) is 8.08. The van der Waals surface area contributed by atoms with E-state index in [2.05, 4.69) is 16.0 Å². The van der Waals surface area contributed by atoms with Gasteiger partial charge in [-0.15, -0.1) is 0 Å². The Bertz CT molecular complexity index is 738. The molecule has 3 nitrogen and oxygen atoms in total. The largest absolute Gasteiger partial charge is 0.363 e. The van der Waals surface area contributed by atoms with Crippen LogP contribution in [0, 0.1) is 13.8 Å². The average Bonchev–Trinajstić information content (AvgIpc) is 2.97. The van der Waals surface area contributed by atoms with E-state index >= 15 is 0 Å². The number of aromatic amines is 1. The monoisotopic (exact) mass is 316 g/mol. The van der Waals surface area contributed by atoms with Gasteiger partial charge in [0.2, 0.25) is 0 Å². The molecule has 2 aromatic rings. The number of hydrogen-bond acceptors (Lipinski definition) is 2. The maximum Gasteiger partial charge on any atom is 0.187 e. The van der Waals surface area contributed by atoms with E-state index in [1.54, 1.807) is 0 Å². The Kier molecular flexibility index (Phi) is 4.37. The molecule has 1 fully saturated rings. The number of likely N-dealkylation sites (tertiary alicyclic amines) is 1. The van der Waals surface area contributed by atoms with Gasteiger partial charge in [0.25, 0.3) is 0 Å². The molecule has 0 bridgehead atoms. The second kappa shape index (κ2) is 6.27. The average molecular weight is 317 g/mol. The van der Waals surface area contributed by atoms with Crippen molar-refractivity contribution in [3.05, 3.63) is 68.1 Å². The lowest BCUT2D eigenvalue weighted by Gasteiger charge is -2.18. The van der Waals surface area contributed by atoms with Gasteiger partial charge in [0.05, 0.1) is 0 Å². The van der Waals surface area contributed by atoms with Crippen LogP contribution in [0.4, 0.5) is 0 Å². The van der Waals surface area contributed by atoms with Crippen molar-refractivity contribution in [1.82, 2.24) is 9.88 Å². The molecule has 0 saturated carbocycles. The van der Waals surface area contributed by atoms with Crippen LogP contribution in [0.1, 0.15) is 34.7 Å². The molecule has 116 valence electrons. The van der Waals surface area contributed by atoms with Crippen LogP contribution in [-0.2, 0) is 6.54 Å². The fourth-order valence-corrected chi connectivity index (χ4v) is 3.52. The smallest absolute Gasteiger partial charge is 0.187 e. The van der Waals surface area contributed by atoms with E-state index in [0.717, 1.165) is 47.9 Å². The van der Waals surface area contributed by atoms with E-state index in [0.29, 0.717) is 5.92 Å². The van der Waals surface area contributed by atoms with Crippen molar-refractivity contribution >= 4 is 11.6 Å². The lowest BCUT2D eigenvalue weighted by atomic mass is 9.98. The first-order chi connectivity index (χ1) is 10.6. The van der Waals surface area contributed by atoms with Crippen molar-refractivity contribution in [2.45, 2.75) is 32.7 Å². The minimum absolute atomic E-state index is 0.149. The summed E-state index contributed by atoms with van der Waals surface area (Å²) in [5.74, 6) is 0.478. The summed E-state index contributed by atoms with van der Waals surface area (Å²) in [7, 11) is 0. The number of nitrogens with one attached hydrogen (secondary N) is 1. The van der Waals surface area contributed by atoms with Crippen LogP contribution in [0.25, 0.3) is 0 Å². The molecule has 1 saturated heterocycles. The molecule has 1 aromatic carbocycles. The van der Waals surface area contributed by atoms with Gasteiger partial charge in [0.1, 0.15) is 0 Å². The lowest BCUT2D eigenvalue weighted by molar-refractivity contribution is 0.322. The molecule has 0 amide bonds. The predicted octanol–water partition coefficient (Wildman–Crippen LogP) is 3.63. The number of H-pyrrole nitrogens is 1. The van der Waals surface area contributed by atoms with Crippen LogP contribution in [0.2, 0.25) is 5.02 Å². The summed E-state index contributed by atoms with van der Waals surface area (Å²) in [4.78, 5) is 17.7. The minimum atomic E-state index is 0.149. The van der Waals surface area contributed by atoms with Crippen LogP contribution >= 0.6 is 11.6 Å². The van der Waals surface area contributed by atoms with Gasteiger partial charge in [-0.3, -0.25) is 9.69 Å². The van der Waals surface area contributed by atoms with E-state index in [4.69, 9.17) is 11.6 Å². The highest BCUT2D eigenvalue weighted by molar-refractivity contribution is 6.31. The zero-order chi connectivity index (χ0) is 15.7. The van der Waals surface area contributed by atoms with Gasteiger partial charge in [0, 0.05) is 41.1 Å². The van der Waals surface area contributed by atoms with E-state index < -0.39 is 0 Å². The van der Waals surface area contributed by atoms with Gasteiger partial charge >= 0.3 is 0 Å². The normalized spacial score (nSPS) is 18.8. The topological polar surface area (TPSA) is 36.1 Å². The number of aromatic nitrogens is 1. The van der Waals surface area contributed by atoms with Crippen LogP contribution in [0.5, 0.6) is 0 Å². The number of nitrogens with zero attached hydrogens (tertiary/aromatic N) is 1. The number of pyridine rings is 1. The molecule has 2 heterocycles. The third-order valence-corrected chi connectivity index (χ3v) is 4.96. The molecule has 0 spiro atoms. The third kappa shape index (κ3) is 2.96. The molecule has 0 radical (unpaired) electrons. The Morgan fingerprint density at radius 3 is 2.86 bits per heavy atom. The lowest BCUT2D eigenvalue weighted by Crippen LogP contribution is -2.23. The molecule has 0 aliphatic carbocycles. The quantitative estimate of drug-likeness (QED) is 0.938. The maximum absolute atomic E-state index is 12.0. The zero-order valence-electron chi connectivity index (χ0n) is 13.0. The molecular formula is C18H21ClN2O. The molecule has 4 heteroatoms. The van der Waals surface area contributed by atoms with E-state index in [9.17, 15) is 4.79 Å². The fraction of sp³-hybridized carbons (Fsp3) is 0.389. The highest BCUT2D eigenvalue weighted by atomic mass is 35.5. The van der Waals surface area contributed by atoms with Crippen molar-refractivity contribution < 1.29 is 0 Å². The van der Waals surface area contributed by atoms with E-state index in [1.807, 2.05) is 38.2 Å². The molecule has 1 atom stereocenters. The summed E-state index contributed by atoms with van der Waals surface area (Å²) in [5.41, 5.74) is 4.02. The summed E-state index contributed by atoms with van der Waals surface area (Å²) in [5, 5.41) is 0.856. The SMILES string of the molecule is Cc1c[nH]c(CN2CC[C@H](c3ccccc3Cl)C2)c(C)c1=O. The summed E-state index contributed by atoms with van der Waals surface area (Å²) in [6.45, 7) is 6.56. The minimum Gasteiger partial charge on any atom is -0.363 e. The summed E-state index contributed by atoms with van der Waals surface area (Å²) in [6, 6.07) is 8.10. The first-order valence-electron chi connectivity index (χ1n) is 7.71. The first kappa shape index (κ1) is 15.3. The van der Waals surface area contributed by atoms with Gasteiger partial charge in [-0.05, 0) is 44.4 Å². The van der Waals surface area contributed by atoms with Crippen LogP contribution in [0.15, 0.2) is 35.3 Å². The molecule has 1 aliphatic rings. The summed E-state index contributed by atoms with van der Waals surface area (Å²) >= 11 is 6.31. The highest BCUT2D eigenvalue weighted by Gasteiger charge is 2.25. The number of benzene rings is 1. The molecule has 0 unspecified atom stereocenters. The Balaban J connectivity index is 1.73. The maximum atomic E-state index is 12.0. The van der Waals surface area contributed by atoms with Crippen molar-refractivity contribution in [2.24, 2.45) is 0 Å². The van der Waals surface area contributed by atoms with Crippen molar-refractivity contribution in [2.75, 3.05) is 13.1 Å². The van der Waals surface area contributed by atoms with E-state index in [1.165, 1.54) is 5.56 Å². The third-order valence-electron chi connectivity index (χ3n) is 4.61. The predicted molar refractivity (Wildman–Crippen MR) is 90.6 cm³/mol. The number of rotatable bonds is 3. The molecule has 1 aromatic heterocycles. The fourth-order valence-electron chi connectivity index (χ4n) is 3.23. The highest BCUT2D eigenvalue weighted by Crippen LogP contribution is 2.32. The van der Waals surface area contributed by atoms with Crippen molar-refractivity contribution in [3.63, 3.8) is 0 Å². The van der Waals surface area contributed by atoms with Gasteiger partial charge < -0.3 is 4.98 Å². The second-order valence-corrected chi connectivity index (χ2v) is 6.55. The van der Waals surface area contributed by atoms with E-state index in [-0.39, 0.29) is 5.43 Å². The van der Waals surface area contributed by atoms with Crippen LogP contribution in [0.3, 0.4) is 0 Å². The van der Waals surface area contributed by atoms with Crippen molar-refractivity contribution in [3.8, 4) is 0 Å². The van der Waals surface area contributed by atoms with Crippen LogP contribution in [-0.4, -0.2) is 23.0 Å². The molecular weight excluding hydrogens is 296 g/mol. The molecule has 22 heavy (non-hydrogen) atoms. The standard InChI is InChI=1S/C18H21ClN2O/c1-12-9-20-17(13(2)18(12)22)11-21-8-7-14(10-21)15-5-3-4-6-16(15)19/h3-6,9,14H,7-8,10-11H2,1-2H3,(H,20,22)/t14-/m0/s1. The van der Waals surface area contributed by atoms with Gasteiger partial charge in [-0.2, -0.15) is 0 Å². The number of halogens is 1. The summed E-state index contributed by atoms with van der Waals surface area (Å²) < 4.78 is 0. The Morgan fingerprint density at radius 1 is 1.32 bits per heavy atom. The summed E-state index contributed by atoms with van der Waals surface area (Å²) in [6.07, 6.45) is 2.92. The zero-order valence-corrected chi connectivity index (χ0v) is 13.8. The van der Waals surface area contributed by atoms with Crippen LogP contribution < -0.4 is 5.43 Å². The van der Waals surface area contributed by atoms with Gasteiger partial charge in [-0.1, -0.05) is 29.8 Å². The molecule has 1 N–H and O–H groups in total. The van der Waals surface area contributed by atoms with Crippen molar-refractivity contribution in [1.29, 1.82) is 0 Å². The molecule has 1 aliphatic heterocycles. The Hall–Kier alpha value is -1.58. The second-order valence-electron chi connectivity index (χ2n) is 6.15. The number of hydrogen-bond donors (Lipinski definition) is 1. The Labute approximate surface area is 135 Å². The Morgan fingerprint density at radius 2 is 2.09 bits per heavy atom. The van der Waals surface area contributed by atoms with Gasteiger partial charge in [-0.25, -0.2) is 0 Å². The molecule has 3 rings (SSSR count). The number of aryl methyl sites for hydroxylation is 1.